The van der Waals surface area contributed by atoms with Crippen LogP contribution < -0.4 is 14.4 Å². The first kappa shape index (κ1) is 16.8. The second-order valence-electron chi connectivity index (χ2n) is 5.76. The second-order valence-corrected chi connectivity index (χ2v) is 6.77. The molecular weight excluding hydrogens is 326 g/mol. The predicted molar refractivity (Wildman–Crippen MR) is 96.4 cm³/mol. The minimum Gasteiger partial charge on any atom is -0.493 e. The maximum atomic E-state index is 12.0. The summed E-state index contributed by atoms with van der Waals surface area (Å²) in [6.45, 7) is 5.19. The smallest absolute Gasteiger partial charge is 0.222 e. The summed E-state index contributed by atoms with van der Waals surface area (Å²) in [5.41, 5.74) is 0.835. The maximum Gasteiger partial charge on any atom is 0.222 e. The number of carbonyl (C=O) groups is 1. The van der Waals surface area contributed by atoms with Crippen LogP contribution in [0.4, 0.5) is 5.13 Å². The van der Waals surface area contributed by atoms with Gasteiger partial charge in [0.15, 0.2) is 16.6 Å². The molecule has 1 saturated heterocycles. The van der Waals surface area contributed by atoms with Crippen molar-refractivity contribution in [2.75, 3.05) is 45.3 Å². The number of amides is 1. The van der Waals surface area contributed by atoms with E-state index in [4.69, 9.17) is 14.5 Å². The summed E-state index contributed by atoms with van der Waals surface area (Å²) >= 11 is 1.65. The molecule has 3 rings (SSSR count). The van der Waals surface area contributed by atoms with Crippen LogP contribution in [0.1, 0.15) is 19.8 Å². The lowest BCUT2D eigenvalue weighted by molar-refractivity contribution is -0.131. The maximum absolute atomic E-state index is 12.0. The third-order valence-electron chi connectivity index (χ3n) is 4.26. The minimum atomic E-state index is 0.257. The van der Waals surface area contributed by atoms with Gasteiger partial charge in [0.2, 0.25) is 5.91 Å². The number of rotatable bonds is 5. The molecule has 1 aliphatic heterocycles. The SMILES string of the molecule is CCCC(=O)N1CCN(c2nc3c(OC)c(OC)ccc3s2)CC1. The fourth-order valence-electron chi connectivity index (χ4n) is 2.95. The van der Waals surface area contributed by atoms with Crippen LogP contribution in [-0.2, 0) is 4.79 Å². The van der Waals surface area contributed by atoms with Gasteiger partial charge in [-0.15, -0.1) is 0 Å². The Labute approximate surface area is 146 Å². The number of piperazine rings is 1. The van der Waals surface area contributed by atoms with Crippen LogP contribution in [0.15, 0.2) is 12.1 Å². The molecule has 0 aliphatic carbocycles. The molecule has 1 amide bonds. The molecule has 7 heteroatoms. The summed E-state index contributed by atoms with van der Waals surface area (Å²) in [6.07, 6.45) is 1.54. The molecule has 24 heavy (non-hydrogen) atoms. The zero-order valence-electron chi connectivity index (χ0n) is 14.4. The van der Waals surface area contributed by atoms with Gasteiger partial charge in [0.05, 0.1) is 18.9 Å². The molecule has 0 saturated carbocycles. The number of thiazole rings is 1. The molecule has 0 atom stereocenters. The summed E-state index contributed by atoms with van der Waals surface area (Å²) < 4.78 is 11.9. The predicted octanol–water partition coefficient (Wildman–Crippen LogP) is 2.76. The number of nitrogens with zero attached hydrogens (tertiary/aromatic N) is 3. The number of fused-ring (bicyclic) bond motifs is 1. The van der Waals surface area contributed by atoms with E-state index in [9.17, 15) is 4.79 Å². The molecule has 0 N–H and O–H groups in total. The second kappa shape index (κ2) is 7.25. The molecule has 6 nitrogen and oxygen atoms in total. The lowest BCUT2D eigenvalue weighted by atomic mass is 10.2. The topological polar surface area (TPSA) is 54.9 Å². The number of hydrogen-bond acceptors (Lipinski definition) is 6. The summed E-state index contributed by atoms with van der Waals surface area (Å²) in [7, 11) is 3.26. The van der Waals surface area contributed by atoms with Crippen LogP contribution in [0, 0.1) is 0 Å². The molecule has 0 radical (unpaired) electrons. The quantitative estimate of drug-likeness (QED) is 0.831. The summed E-state index contributed by atoms with van der Waals surface area (Å²) in [5, 5.41) is 0.971. The Morgan fingerprint density at radius 1 is 1.21 bits per heavy atom. The van der Waals surface area contributed by atoms with Gasteiger partial charge in [-0.25, -0.2) is 4.98 Å². The van der Waals surface area contributed by atoms with E-state index in [1.165, 1.54) is 0 Å². The van der Waals surface area contributed by atoms with Crippen LogP contribution >= 0.6 is 11.3 Å². The van der Waals surface area contributed by atoms with Gasteiger partial charge in [-0.2, -0.15) is 0 Å². The van der Waals surface area contributed by atoms with Crippen LogP contribution in [-0.4, -0.2) is 56.2 Å². The van der Waals surface area contributed by atoms with E-state index in [-0.39, 0.29) is 5.91 Å². The Balaban J connectivity index is 1.78. The Hall–Kier alpha value is -2.02. The Kier molecular flexibility index (Phi) is 5.08. The molecule has 1 aromatic carbocycles. The fraction of sp³-hybridized carbons (Fsp3) is 0.529. The zero-order valence-corrected chi connectivity index (χ0v) is 15.2. The average Bonchev–Trinajstić information content (AvgIpc) is 3.05. The lowest BCUT2D eigenvalue weighted by Gasteiger charge is -2.34. The summed E-state index contributed by atoms with van der Waals surface area (Å²) in [4.78, 5) is 21.0. The molecule has 0 unspecified atom stereocenters. The van der Waals surface area contributed by atoms with Gasteiger partial charge in [-0.05, 0) is 18.6 Å². The van der Waals surface area contributed by atoms with Crippen molar-refractivity contribution >= 4 is 32.6 Å². The van der Waals surface area contributed by atoms with E-state index >= 15 is 0 Å². The number of ether oxygens (including phenoxy) is 2. The number of methoxy groups -OCH3 is 2. The molecule has 1 aliphatic rings. The third kappa shape index (κ3) is 3.13. The first-order valence-electron chi connectivity index (χ1n) is 8.22. The normalized spacial score (nSPS) is 15.0. The van der Waals surface area contributed by atoms with Gasteiger partial charge in [0.25, 0.3) is 0 Å². The van der Waals surface area contributed by atoms with Gasteiger partial charge in [0.1, 0.15) is 5.52 Å². The van der Waals surface area contributed by atoms with Crippen molar-refractivity contribution < 1.29 is 14.3 Å². The van der Waals surface area contributed by atoms with E-state index in [1.54, 1.807) is 25.6 Å². The number of hydrogen-bond donors (Lipinski definition) is 0. The van der Waals surface area contributed by atoms with E-state index < -0.39 is 0 Å². The van der Waals surface area contributed by atoms with Gasteiger partial charge in [-0.3, -0.25) is 4.79 Å². The van der Waals surface area contributed by atoms with E-state index in [0.29, 0.717) is 17.9 Å². The minimum absolute atomic E-state index is 0.257. The van der Waals surface area contributed by atoms with Gasteiger partial charge in [-0.1, -0.05) is 18.3 Å². The van der Waals surface area contributed by atoms with Crippen molar-refractivity contribution in [2.24, 2.45) is 0 Å². The largest absolute Gasteiger partial charge is 0.493 e. The van der Waals surface area contributed by atoms with Crippen LogP contribution in [0.2, 0.25) is 0 Å². The lowest BCUT2D eigenvalue weighted by Crippen LogP contribution is -2.48. The standard InChI is InChI=1S/C17H23N3O3S/c1-4-5-14(21)19-8-10-20(11-9-19)17-18-15-13(24-17)7-6-12(22-2)16(15)23-3/h6-7H,4-5,8-11H2,1-3H3. The molecule has 0 spiro atoms. The molecule has 2 aromatic rings. The van der Waals surface area contributed by atoms with E-state index in [0.717, 1.165) is 47.9 Å². The molecule has 0 bridgehead atoms. The number of anilines is 1. The zero-order chi connectivity index (χ0) is 17.1. The summed E-state index contributed by atoms with van der Waals surface area (Å²) in [6, 6.07) is 3.92. The highest BCUT2D eigenvalue weighted by molar-refractivity contribution is 7.22. The highest BCUT2D eigenvalue weighted by Gasteiger charge is 2.23. The number of benzene rings is 1. The number of carbonyl (C=O) groups excluding carboxylic acids is 1. The highest BCUT2D eigenvalue weighted by Crippen LogP contribution is 2.40. The van der Waals surface area contributed by atoms with Gasteiger partial charge < -0.3 is 19.3 Å². The Bertz CT molecular complexity index is 723. The molecule has 1 aromatic heterocycles. The van der Waals surface area contributed by atoms with Gasteiger partial charge in [0, 0.05) is 32.6 Å². The third-order valence-corrected chi connectivity index (χ3v) is 5.34. The van der Waals surface area contributed by atoms with Crippen LogP contribution in [0.25, 0.3) is 10.2 Å². The highest BCUT2D eigenvalue weighted by atomic mass is 32.1. The Morgan fingerprint density at radius 3 is 2.58 bits per heavy atom. The molecular formula is C17H23N3O3S. The van der Waals surface area contributed by atoms with E-state index in [2.05, 4.69) is 4.90 Å². The Morgan fingerprint density at radius 2 is 1.96 bits per heavy atom. The van der Waals surface area contributed by atoms with E-state index in [1.807, 2.05) is 24.0 Å². The first-order valence-corrected chi connectivity index (χ1v) is 9.03. The first-order chi connectivity index (χ1) is 11.7. The van der Waals surface area contributed by atoms with Crippen molar-refractivity contribution in [3.63, 3.8) is 0 Å². The van der Waals surface area contributed by atoms with Crippen LogP contribution in [0.3, 0.4) is 0 Å². The number of aromatic nitrogens is 1. The molecule has 2 heterocycles. The fourth-order valence-corrected chi connectivity index (χ4v) is 3.97. The van der Waals surface area contributed by atoms with Crippen molar-refractivity contribution in [1.82, 2.24) is 9.88 Å². The van der Waals surface area contributed by atoms with Crippen molar-refractivity contribution in [2.45, 2.75) is 19.8 Å². The van der Waals surface area contributed by atoms with Crippen molar-refractivity contribution in [3.8, 4) is 11.5 Å². The van der Waals surface area contributed by atoms with Crippen molar-refractivity contribution in [1.29, 1.82) is 0 Å². The van der Waals surface area contributed by atoms with Gasteiger partial charge >= 0.3 is 0 Å². The van der Waals surface area contributed by atoms with Crippen LogP contribution in [0.5, 0.6) is 11.5 Å². The summed E-state index contributed by atoms with van der Waals surface area (Å²) in [5.74, 6) is 1.62. The molecule has 1 fully saturated rings. The molecule has 130 valence electrons. The monoisotopic (exact) mass is 349 g/mol. The van der Waals surface area contributed by atoms with Crippen molar-refractivity contribution in [3.05, 3.63) is 12.1 Å². The average molecular weight is 349 g/mol.